The molecular weight excluding hydrogens is 418 g/mol. The molecule has 4 rings (SSSR count). The van der Waals surface area contributed by atoms with Gasteiger partial charge < -0.3 is 14.8 Å². The van der Waals surface area contributed by atoms with Gasteiger partial charge in [0.15, 0.2) is 0 Å². The SMILES string of the molecule is COc1ccc(S(=O)(=O)N2CCO[C@H](c3ccc(Nc4cnccn4)cn3)C2)cc1C. The average molecular weight is 442 g/mol. The van der Waals surface area contributed by atoms with Crippen LogP contribution in [-0.4, -0.2) is 54.5 Å². The fourth-order valence-corrected chi connectivity index (χ4v) is 4.88. The molecule has 31 heavy (non-hydrogen) atoms. The lowest BCUT2D eigenvalue weighted by atomic mass is 10.2. The molecule has 0 spiro atoms. The number of aromatic nitrogens is 3. The molecule has 0 aliphatic carbocycles. The van der Waals surface area contributed by atoms with Crippen LogP contribution in [0.1, 0.15) is 17.4 Å². The molecule has 3 aromatic rings. The fraction of sp³-hybridized carbons (Fsp3) is 0.286. The number of anilines is 2. The Morgan fingerprint density at radius 2 is 2.03 bits per heavy atom. The number of nitrogens with zero attached hydrogens (tertiary/aromatic N) is 4. The third kappa shape index (κ3) is 4.66. The third-order valence-corrected chi connectivity index (χ3v) is 6.85. The summed E-state index contributed by atoms with van der Waals surface area (Å²) >= 11 is 0. The molecule has 1 atom stereocenters. The van der Waals surface area contributed by atoms with Crippen molar-refractivity contribution >= 4 is 21.5 Å². The summed E-state index contributed by atoms with van der Waals surface area (Å²) in [5, 5.41) is 3.11. The van der Waals surface area contributed by atoms with E-state index in [0.717, 1.165) is 11.3 Å². The highest BCUT2D eigenvalue weighted by molar-refractivity contribution is 7.89. The van der Waals surface area contributed by atoms with Crippen LogP contribution >= 0.6 is 0 Å². The molecule has 162 valence electrons. The van der Waals surface area contributed by atoms with E-state index in [-0.39, 0.29) is 18.0 Å². The van der Waals surface area contributed by atoms with E-state index < -0.39 is 16.1 Å². The Balaban J connectivity index is 1.48. The highest BCUT2D eigenvalue weighted by Crippen LogP contribution is 2.28. The van der Waals surface area contributed by atoms with Gasteiger partial charge in [-0.15, -0.1) is 0 Å². The summed E-state index contributed by atoms with van der Waals surface area (Å²) in [6.07, 6.45) is 6.02. The summed E-state index contributed by atoms with van der Waals surface area (Å²) in [7, 11) is -2.10. The Kier molecular flexibility index (Phi) is 6.12. The molecule has 1 aliphatic heterocycles. The van der Waals surface area contributed by atoms with Crippen molar-refractivity contribution in [2.24, 2.45) is 0 Å². The number of sulfonamides is 1. The molecule has 0 bridgehead atoms. The minimum Gasteiger partial charge on any atom is -0.496 e. The second-order valence-corrected chi connectivity index (χ2v) is 8.98. The molecular formula is C21H23N5O4S. The zero-order chi connectivity index (χ0) is 21.8. The summed E-state index contributed by atoms with van der Waals surface area (Å²) in [5.74, 6) is 1.26. The number of ether oxygens (including phenoxy) is 2. The van der Waals surface area contributed by atoms with Crippen molar-refractivity contribution in [3.63, 3.8) is 0 Å². The Morgan fingerprint density at radius 1 is 1.16 bits per heavy atom. The molecule has 3 heterocycles. The molecule has 0 radical (unpaired) electrons. The summed E-state index contributed by atoms with van der Waals surface area (Å²) < 4.78 is 38.8. The summed E-state index contributed by atoms with van der Waals surface area (Å²) in [6, 6.07) is 8.53. The first kappa shape index (κ1) is 21.2. The number of morpholine rings is 1. The summed E-state index contributed by atoms with van der Waals surface area (Å²) in [6.45, 7) is 2.59. The number of benzene rings is 1. The molecule has 9 nitrogen and oxygen atoms in total. The predicted molar refractivity (Wildman–Crippen MR) is 115 cm³/mol. The fourth-order valence-electron chi connectivity index (χ4n) is 3.36. The van der Waals surface area contributed by atoms with Gasteiger partial charge >= 0.3 is 0 Å². The maximum atomic E-state index is 13.2. The van der Waals surface area contributed by atoms with Gasteiger partial charge in [-0.05, 0) is 42.8 Å². The van der Waals surface area contributed by atoms with Crippen LogP contribution in [0.4, 0.5) is 11.5 Å². The van der Waals surface area contributed by atoms with Gasteiger partial charge in [0, 0.05) is 25.5 Å². The van der Waals surface area contributed by atoms with Crippen LogP contribution in [0.2, 0.25) is 0 Å². The minimum absolute atomic E-state index is 0.192. The van der Waals surface area contributed by atoms with Crippen molar-refractivity contribution in [3.8, 4) is 5.75 Å². The van der Waals surface area contributed by atoms with Gasteiger partial charge in [-0.2, -0.15) is 4.31 Å². The van der Waals surface area contributed by atoms with Crippen molar-refractivity contribution in [1.82, 2.24) is 19.3 Å². The lowest BCUT2D eigenvalue weighted by Crippen LogP contribution is -2.42. The van der Waals surface area contributed by atoms with Gasteiger partial charge in [-0.3, -0.25) is 9.97 Å². The molecule has 0 saturated carbocycles. The Labute approximate surface area is 181 Å². The first-order valence-electron chi connectivity index (χ1n) is 9.73. The monoisotopic (exact) mass is 441 g/mol. The zero-order valence-electron chi connectivity index (χ0n) is 17.2. The van der Waals surface area contributed by atoms with Crippen molar-refractivity contribution < 1.29 is 17.9 Å². The van der Waals surface area contributed by atoms with E-state index in [1.54, 1.807) is 50.1 Å². The first-order chi connectivity index (χ1) is 15.0. The molecule has 0 unspecified atom stereocenters. The maximum Gasteiger partial charge on any atom is 0.243 e. The van der Waals surface area contributed by atoms with Gasteiger partial charge in [0.25, 0.3) is 0 Å². The minimum atomic E-state index is -3.66. The van der Waals surface area contributed by atoms with Gasteiger partial charge in [0.2, 0.25) is 10.0 Å². The van der Waals surface area contributed by atoms with Crippen LogP contribution in [0.25, 0.3) is 0 Å². The van der Waals surface area contributed by atoms with Crippen LogP contribution in [-0.2, 0) is 14.8 Å². The lowest BCUT2D eigenvalue weighted by Gasteiger charge is -2.32. The van der Waals surface area contributed by atoms with E-state index in [4.69, 9.17) is 9.47 Å². The molecule has 1 saturated heterocycles. The smallest absolute Gasteiger partial charge is 0.243 e. The van der Waals surface area contributed by atoms with Gasteiger partial charge in [0.05, 0.1) is 42.4 Å². The van der Waals surface area contributed by atoms with Crippen LogP contribution in [0.15, 0.2) is 60.0 Å². The zero-order valence-corrected chi connectivity index (χ0v) is 18.0. The Hall–Kier alpha value is -3.08. The number of aryl methyl sites for hydroxylation is 1. The van der Waals surface area contributed by atoms with E-state index in [1.807, 2.05) is 19.1 Å². The van der Waals surface area contributed by atoms with Crippen molar-refractivity contribution in [1.29, 1.82) is 0 Å². The number of hydrogen-bond acceptors (Lipinski definition) is 8. The van der Waals surface area contributed by atoms with Crippen molar-refractivity contribution in [2.75, 3.05) is 32.1 Å². The lowest BCUT2D eigenvalue weighted by molar-refractivity contribution is -0.00492. The van der Waals surface area contributed by atoms with E-state index in [9.17, 15) is 8.42 Å². The van der Waals surface area contributed by atoms with E-state index in [0.29, 0.717) is 23.9 Å². The number of hydrogen-bond donors (Lipinski definition) is 1. The quantitative estimate of drug-likeness (QED) is 0.622. The van der Waals surface area contributed by atoms with Crippen molar-refractivity contribution in [3.05, 3.63) is 66.4 Å². The average Bonchev–Trinajstić information content (AvgIpc) is 2.80. The number of nitrogens with one attached hydrogen (secondary N) is 1. The predicted octanol–water partition coefficient (Wildman–Crippen LogP) is 2.69. The van der Waals surface area contributed by atoms with Crippen LogP contribution < -0.4 is 10.1 Å². The Bertz CT molecular complexity index is 1140. The summed E-state index contributed by atoms with van der Waals surface area (Å²) in [5.41, 5.74) is 2.18. The second kappa shape index (κ2) is 8.96. The molecule has 1 N–H and O–H groups in total. The molecule has 1 aliphatic rings. The van der Waals surface area contributed by atoms with E-state index in [2.05, 4.69) is 20.3 Å². The van der Waals surface area contributed by atoms with Gasteiger partial charge in [-0.1, -0.05) is 0 Å². The van der Waals surface area contributed by atoms with E-state index in [1.165, 1.54) is 4.31 Å². The van der Waals surface area contributed by atoms with Crippen molar-refractivity contribution in [2.45, 2.75) is 17.9 Å². The van der Waals surface area contributed by atoms with Crippen LogP contribution in [0.5, 0.6) is 5.75 Å². The maximum absolute atomic E-state index is 13.2. The molecule has 10 heteroatoms. The second-order valence-electron chi connectivity index (χ2n) is 7.04. The highest BCUT2D eigenvalue weighted by Gasteiger charge is 2.32. The third-order valence-electron chi connectivity index (χ3n) is 4.99. The van der Waals surface area contributed by atoms with Crippen LogP contribution in [0, 0.1) is 6.92 Å². The first-order valence-corrected chi connectivity index (χ1v) is 11.2. The van der Waals surface area contributed by atoms with Gasteiger partial charge in [0.1, 0.15) is 17.7 Å². The molecule has 1 fully saturated rings. The topological polar surface area (TPSA) is 107 Å². The number of rotatable bonds is 6. The number of pyridine rings is 1. The Morgan fingerprint density at radius 3 is 2.71 bits per heavy atom. The normalized spacial score (nSPS) is 17.3. The molecule has 0 amide bonds. The number of methoxy groups -OCH3 is 1. The largest absolute Gasteiger partial charge is 0.496 e. The molecule has 1 aromatic carbocycles. The van der Waals surface area contributed by atoms with Crippen LogP contribution in [0.3, 0.4) is 0 Å². The van der Waals surface area contributed by atoms with Gasteiger partial charge in [-0.25, -0.2) is 13.4 Å². The highest BCUT2D eigenvalue weighted by atomic mass is 32.2. The standard InChI is InChI=1S/C21H23N5O4S/c1-15-11-17(4-6-19(15)29-2)31(27,28)26-9-10-30-20(14-26)18-5-3-16(12-24-18)25-21-13-22-7-8-23-21/h3-8,11-13,20H,9-10,14H2,1-2H3,(H,23,25)/t20-/m0/s1. The summed E-state index contributed by atoms with van der Waals surface area (Å²) in [4.78, 5) is 12.9. The van der Waals surface area contributed by atoms with E-state index >= 15 is 0 Å². The molecule has 2 aromatic heterocycles.